The summed E-state index contributed by atoms with van der Waals surface area (Å²) in [6.45, 7) is 0. The Morgan fingerprint density at radius 1 is 1.13 bits per heavy atom. The summed E-state index contributed by atoms with van der Waals surface area (Å²) in [4.78, 5) is 22.8. The van der Waals surface area contributed by atoms with Crippen LogP contribution in [0, 0.1) is 10.1 Å². The van der Waals surface area contributed by atoms with Crippen molar-refractivity contribution in [3.63, 3.8) is 0 Å². The van der Waals surface area contributed by atoms with Crippen molar-refractivity contribution < 1.29 is 4.92 Å². The number of nitro groups is 1. The maximum atomic E-state index is 10.7. The maximum absolute atomic E-state index is 10.7. The Morgan fingerprint density at radius 2 is 1.91 bits per heavy atom. The average molecular weight is 328 g/mol. The van der Waals surface area contributed by atoms with E-state index in [1.165, 1.54) is 12.1 Å². The number of hydrogen-bond acceptors (Lipinski definition) is 6. The topological polar surface area (TPSA) is 93.8 Å². The number of halogens is 1. The second kappa shape index (κ2) is 6.37. The smallest absolute Gasteiger partial charge is 0.269 e. The fourth-order valence-corrected chi connectivity index (χ4v) is 2.10. The van der Waals surface area contributed by atoms with Crippen molar-refractivity contribution in [2.75, 3.05) is 5.32 Å². The third-order valence-corrected chi connectivity index (χ3v) is 3.16. The molecule has 0 atom stereocenters. The van der Waals surface area contributed by atoms with Crippen molar-refractivity contribution in [1.82, 2.24) is 15.0 Å². The number of nitro benzene ring substituents is 1. The number of anilines is 2. The SMILES string of the molecule is O=[N+]([O-])c1ccc(Nc2cc(Cl)nc(-c3cccnc3)n2)cc1. The number of benzene rings is 1. The molecule has 8 heteroatoms. The second-order valence-electron chi connectivity index (χ2n) is 4.57. The first-order chi connectivity index (χ1) is 11.1. The highest BCUT2D eigenvalue weighted by Gasteiger charge is 2.08. The Labute approximate surface area is 136 Å². The maximum Gasteiger partial charge on any atom is 0.269 e. The molecule has 0 aliphatic heterocycles. The molecule has 23 heavy (non-hydrogen) atoms. The highest BCUT2D eigenvalue weighted by atomic mass is 35.5. The van der Waals surface area contributed by atoms with Gasteiger partial charge in [0.15, 0.2) is 5.82 Å². The van der Waals surface area contributed by atoms with Gasteiger partial charge in [-0.1, -0.05) is 11.6 Å². The molecule has 0 fully saturated rings. The zero-order valence-corrected chi connectivity index (χ0v) is 12.4. The summed E-state index contributed by atoms with van der Waals surface area (Å²) in [5.74, 6) is 0.924. The molecule has 0 saturated carbocycles. The van der Waals surface area contributed by atoms with Crippen molar-refractivity contribution >= 4 is 28.8 Å². The van der Waals surface area contributed by atoms with Gasteiger partial charge in [-0.05, 0) is 24.3 Å². The average Bonchev–Trinajstić information content (AvgIpc) is 2.55. The molecule has 1 aromatic carbocycles. The van der Waals surface area contributed by atoms with Crippen LogP contribution in [0.2, 0.25) is 5.15 Å². The fraction of sp³-hybridized carbons (Fsp3) is 0. The zero-order valence-electron chi connectivity index (χ0n) is 11.7. The number of rotatable bonds is 4. The van der Waals surface area contributed by atoms with Crippen LogP contribution in [0.25, 0.3) is 11.4 Å². The van der Waals surface area contributed by atoms with E-state index in [9.17, 15) is 10.1 Å². The first-order valence-electron chi connectivity index (χ1n) is 6.58. The van der Waals surface area contributed by atoms with Crippen LogP contribution in [-0.2, 0) is 0 Å². The predicted molar refractivity (Wildman–Crippen MR) is 86.7 cm³/mol. The molecule has 0 unspecified atom stereocenters. The Morgan fingerprint density at radius 3 is 2.57 bits per heavy atom. The van der Waals surface area contributed by atoms with E-state index in [1.54, 1.807) is 36.7 Å². The molecule has 0 spiro atoms. The molecule has 3 rings (SSSR count). The Bertz CT molecular complexity index is 840. The van der Waals surface area contributed by atoms with Crippen molar-refractivity contribution in [3.8, 4) is 11.4 Å². The molecule has 0 radical (unpaired) electrons. The molecule has 3 aromatic rings. The number of pyridine rings is 1. The molecule has 1 N–H and O–H groups in total. The third kappa shape index (κ3) is 3.58. The molecule has 2 heterocycles. The van der Waals surface area contributed by atoms with E-state index >= 15 is 0 Å². The van der Waals surface area contributed by atoms with E-state index in [0.29, 0.717) is 17.3 Å². The van der Waals surface area contributed by atoms with Gasteiger partial charge >= 0.3 is 0 Å². The minimum atomic E-state index is -0.453. The Balaban J connectivity index is 1.88. The minimum Gasteiger partial charge on any atom is -0.340 e. The van der Waals surface area contributed by atoms with Crippen molar-refractivity contribution in [3.05, 3.63) is 70.1 Å². The van der Waals surface area contributed by atoms with E-state index < -0.39 is 4.92 Å². The second-order valence-corrected chi connectivity index (χ2v) is 4.96. The van der Waals surface area contributed by atoms with E-state index in [2.05, 4.69) is 20.3 Å². The lowest BCUT2D eigenvalue weighted by Gasteiger charge is -2.08. The van der Waals surface area contributed by atoms with Gasteiger partial charge in [0.05, 0.1) is 4.92 Å². The highest BCUT2D eigenvalue weighted by molar-refractivity contribution is 6.29. The van der Waals surface area contributed by atoms with Crippen molar-refractivity contribution in [1.29, 1.82) is 0 Å². The van der Waals surface area contributed by atoms with Gasteiger partial charge in [-0.3, -0.25) is 15.1 Å². The van der Waals surface area contributed by atoms with Gasteiger partial charge in [0.2, 0.25) is 0 Å². The molecule has 0 saturated heterocycles. The first kappa shape index (κ1) is 14.9. The summed E-state index contributed by atoms with van der Waals surface area (Å²) in [6, 6.07) is 11.2. The number of non-ortho nitro benzene ring substituents is 1. The molecule has 2 aromatic heterocycles. The van der Waals surface area contributed by atoms with Crippen LogP contribution in [0.4, 0.5) is 17.2 Å². The minimum absolute atomic E-state index is 0.0207. The van der Waals surface area contributed by atoms with Crippen LogP contribution >= 0.6 is 11.6 Å². The number of nitrogens with zero attached hydrogens (tertiary/aromatic N) is 4. The molecule has 0 bridgehead atoms. The molecular weight excluding hydrogens is 318 g/mol. The monoisotopic (exact) mass is 327 g/mol. The summed E-state index contributed by atoms with van der Waals surface area (Å²) in [5.41, 5.74) is 1.41. The van der Waals surface area contributed by atoms with E-state index in [1.807, 2.05) is 6.07 Å². The predicted octanol–water partition coefficient (Wildman–Crippen LogP) is 3.84. The highest BCUT2D eigenvalue weighted by Crippen LogP contribution is 2.23. The zero-order chi connectivity index (χ0) is 16.2. The van der Waals surface area contributed by atoms with Gasteiger partial charge in [-0.25, -0.2) is 9.97 Å². The Hall–Kier alpha value is -3.06. The summed E-state index contributed by atoms with van der Waals surface area (Å²) in [5, 5.41) is 14.0. The third-order valence-electron chi connectivity index (χ3n) is 2.97. The number of hydrogen-bond donors (Lipinski definition) is 1. The molecule has 0 aliphatic carbocycles. The fourth-order valence-electron chi connectivity index (χ4n) is 1.92. The standard InChI is InChI=1S/C15H10ClN5O2/c16-13-8-14(18-11-3-5-12(6-4-11)21(22)23)20-15(19-13)10-2-1-7-17-9-10/h1-9H,(H,18,19,20). The van der Waals surface area contributed by atoms with Gasteiger partial charge in [-0.2, -0.15) is 0 Å². The summed E-state index contributed by atoms with van der Waals surface area (Å²) >= 11 is 6.03. The lowest BCUT2D eigenvalue weighted by Crippen LogP contribution is -1.98. The largest absolute Gasteiger partial charge is 0.340 e. The Kier molecular flexibility index (Phi) is 4.11. The summed E-state index contributed by atoms with van der Waals surface area (Å²) < 4.78 is 0. The lowest BCUT2D eigenvalue weighted by molar-refractivity contribution is -0.384. The van der Waals surface area contributed by atoms with Crippen molar-refractivity contribution in [2.24, 2.45) is 0 Å². The van der Waals surface area contributed by atoms with Gasteiger partial charge in [0.1, 0.15) is 11.0 Å². The molecule has 114 valence electrons. The molecular formula is C15H10ClN5O2. The van der Waals surface area contributed by atoms with Crippen molar-refractivity contribution in [2.45, 2.75) is 0 Å². The molecule has 7 nitrogen and oxygen atoms in total. The van der Waals surface area contributed by atoms with Gasteiger partial charge < -0.3 is 5.32 Å². The molecule has 0 aliphatic rings. The lowest BCUT2D eigenvalue weighted by atomic mass is 10.2. The number of aromatic nitrogens is 3. The van der Waals surface area contributed by atoms with E-state index in [0.717, 1.165) is 5.56 Å². The first-order valence-corrected chi connectivity index (χ1v) is 6.96. The van der Waals surface area contributed by atoms with Gasteiger partial charge in [-0.15, -0.1) is 0 Å². The van der Waals surface area contributed by atoms with Crippen LogP contribution in [0.1, 0.15) is 0 Å². The van der Waals surface area contributed by atoms with Crippen LogP contribution < -0.4 is 5.32 Å². The van der Waals surface area contributed by atoms with Crippen LogP contribution in [0.5, 0.6) is 0 Å². The van der Waals surface area contributed by atoms with Gasteiger partial charge in [0.25, 0.3) is 5.69 Å². The van der Waals surface area contributed by atoms with Crippen LogP contribution in [0.15, 0.2) is 54.9 Å². The normalized spacial score (nSPS) is 10.3. The van der Waals surface area contributed by atoms with E-state index in [4.69, 9.17) is 11.6 Å². The quantitative estimate of drug-likeness (QED) is 0.444. The summed E-state index contributed by atoms with van der Waals surface area (Å²) in [6.07, 6.45) is 3.30. The van der Waals surface area contributed by atoms with Gasteiger partial charge in [0, 0.05) is 41.8 Å². The van der Waals surface area contributed by atoms with Crippen LogP contribution in [-0.4, -0.2) is 19.9 Å². The van der Waals surface area contributed by atoms with E-state index in [-0.39, 0.29) is 10.8 Å². The van der Waals surface area contributed by atoms with Crippen LogP contribution in [0.3, 0.4) is 0 Å². The molecule has 0 amide bonds. The summed E-state index contributed by atoms with van der Waals surface area (Å²) in [7, 11) is 0. The number of nitrogens with one attached hydrogen (secondary N) is 1.